The van der Waals surface area contributed by atoms with Crippen molar-refractivity contribution in [3.63, 3.8) is 0 Å². The molecule has 0 spiro atoms. The smallest absolute Gasteiger partial charge is 0.251 e. The zero-order valence-corrected chi connectivity index (χ0v) is 15.3. The van der Waals surface area contributed by atoms with Crippen LogP contribution in [0.3, 0.4) is 0 Å². The van der Waals surface area contributed by atoms with Crippen LogP contribution >= 0.6 is 0 Å². The lowest BCUT2D eigenvalue weighted by Crippen LogP contribution is -2.51. The Bertz CT molecular complexity index is 539. The Morgan fingerprint density at radius 2 is 1.71 bits per heavy atom. The molecule has 0 aliphatic heterocycles. The molecule has 0 saturated carbocycles. The second-order valence-corrected chi connectivity index (χ2v) is 7.50. The van der Waals surface area contributed by atoms with Crippen LogP contribution in [0.2, 0.25) is 0 Å². The van der Waals surface area contributed by atoms with Gasteiger partial charge in [0.25, 0.3) is 5.91 Å². The molecule has 134 valence electrons. The fourth-order valence-corrected chi connectivity index (χ4v) is 2.66. The van der Waals surface area contributed by atoms with E-state index in [0.717, 1.165) is 0 Å². The van der Waals surface area contributed by atoms with Crippen LogP contribution in [0, 0.1) is 11.3 Å². The first kappa shape index (κ1) is 20.2. The molecule has 5 nitrogen and oxygen atoms in total. The van der Waals surface area contributed by atoms with E-state index in [-0.39, 0.29) is 23.1 Å². The molecule has 0 aliphatic rings. The quantitative estimate of drug-likeness (QED) is 0.683. The Labute approximate surface area is 144 Å². The van der Waals surface area contributed by atoms with Gasteiger partial charge in [0.1, 0.15) is 6.04 Å². The monoisotopic (exact) mass is 334 g/mol. The minimum atomic E-state index is -0.597. The second kappa shape index (κ2) is 8.83. The van der Waals surface area contributed by atoms with Crippen LogP contribution in [-0.4, -0.2) is 35.6 Å². The predicted molar refractivity (Wildman–Crippen MR) is 95.6 cm³/mol. The lowest BCUT2D eigenvalue weighted by molar-refractivity contribution is -0.124. The SMILES string of the molecule is CC(O)CC(C)(C)CNC(=O)C(NC(=O)c1ccccc1)C(C)C. The van der Waals surface area contributed by atoms with Crippen LogP contribution in [-0.2, 0) is 4.79 Å². The number of carbonyl (C=O) groups excluding carboxylic acids is 2. The van der Waals surface area contributed by atoms with E-state index in [2.05, 4.69) is 10.6 Å². The van der Waals surface area contributed by atoms with Gasteiger partial charge in [0.2, 0.25) is 5.91 Å². The molecule has 0 radical (unpaired) electrons. The molecule has 2 unspecified atom stereocenters. The summed E-state index contributed by atoms with van der Waals surface area (Å²) in [6.07, 6.45) is 0.172. The fourth-order valence-electron chi connectivity index (χ4n) is 2.66. The molecular formula is C19H30N2O3. The highest BCUT2D eigenvalue weighted by molar-refractivity contribution is 5.97. The van der Waals surface area contributed by atoms with Crippen molar-refractivity contribution < 1.29 is 14.7 Å². The molecule has 5 heteroatoms. The van der Waals surface area contributed by atoms with E-state index in [9.17, 15) is 14.7 Å². The van der Waals surface area contributed by atoms with Gasteiger partial charge in [-0.2, -0.15) is 0 Å². The third-order valence-electron chi connectivity index (χ3n) is 3.86. The maximum Gasteiger partial charge on any atom is 0.251 e. The van der Waals surface area contributed by atoms with Crippen molar-refractivity contribution in [3.8, 4) is 0 Å². The summed E-state index contributed by atoms with van der Waals surface area (Å²) in [5, 5.41) is 15.2. The first-order chi connectivity index (χ1) is 11.1. The van der Waals surface area contributed by atoms with Crippen LogP contribution < -0.4 is 10.6 Å². The number of benzene rings is 1. The third kappa shape index (κ3) is 6.71. The van der Waals surface area contributed by atoms with Crippen molar-refractivity contribution in [1.29, 1.82) is 0 Å². The van der Waals surface area contributed by atoms with Gasteiger partial charge in [-0.05, 0) is 36.8 Å². The van der Waals surface area contributed by atoms with Crippen LogP contribution in [0.15, 0.2) is 30.3 Å². The van der Waals surface area contributed by atoms with Crippen LogP contribution in [0.4, 0.5) is 0 Å². The molecule has 1 aromatic carbocycles. The van der Waals surface area contributed by atoms with Gasteiger partial charge in [-0.25, -0.2) is 0 Å². The van der Waals surface area contributed by atoms with Gasteiger partial charge in [-0.1, -0.05) is 45.9 Å². The standard InChI is InChI=1S/C19H30N2O3/c1-13(2)16(21-17(23)15-9-7-6-8-10-15)18(24)20-12-19(4,5)11-14(3)22/h6-10,13-14,16,22H,11-12H2,1-5H3,(H,20,24)(H,21,23). The number of aliphatic hydroxyl groups is 1. The van der Waals surface area contributed by atoms with Crippen molar-refractivity contribution >= 4 is 11.8 Å². The Morgan fingerprint density at radius 3 is 2.21 bits per heavy atom. The van der Waals surface area contributed by atoms with Gasteiger partial charge in [0, 0.05) is 12.1 Å². The molecule has 0 aromatic heterocycles. The molecular weight excluding hydrogens is 304 g/mol. The van der Waals surface area contributed by atoms with E-state index >= 15 is 0 Å². The van der Waals surface area contributed by atoms with Crippen molar-refractivity contribution in [2.75, 3.05) is 6.54 Å². The molecule has 0 saturated heterocycles. The Hall–Kier alpha value is -1.88. The van der Waals surface area contributed by atoms with Gasteiger partial charge in [0.05, 0.1) is 6.10 Å². The number of amides is 2. The molecule has 0 fully saturated rings. The average molecular weight is 334 g/mol. The summed E-state index contributed by atoms with van der Waals surface area (Å²) >= 11 is 0. The summed E-state index contributed by atoms with van der Waals surface area (Å²) in [7, 11) is 0. The summed E-state index contributed by atoms with van der Waals surface area (Å²) in [5.74, 6) is -0.488. The normalized spacial score (nSPS) is 14.1. The maximum absolute atomic E-state index is 12.5. The summed E-state index contributed by atoms with van der Waals surface area (Å²) in [4.78, 5) is 24.8. The summed E-state index contributed by atoms with van der Waals surface area (Å²) < 4.78 is 0. The fraction of sp³-hybridized carbons (Fsp3) is 0.579. The van der Waals surface area contributed by atoms with Gasteiger partial charge < -0.3 is 15.7 Å². The van der Waals surface area contributed by atoms with Gasteiger partial charge >= 0.3 is 0 Å². The molecule has 24 heavy (non-hydrogen) atoms. The molecule has 1 rings (SSSR count). The number of carbonyl (C=O) groups is 2. The van der Waals surface area contributed by atoms with Gasteiger partial charge in [-0.3, -0.25) is 9.59 Å². The lowest BCUT2D eigenvalue weighted by atomic mass is 9.87. The number of hydrogen-bond donors (Lipinski definition) is 3. The predicted octanol–water partition coefficient (Wildman–Crippen LogP) is 2.35. The summed E-state index contributed by atoms with van der Waals surface area (Å²) in [5.41, 5.74) is 0.319. The largest absolute Gasteiger partial charge is 0.393 e. The molecule has 3 N–H and O–H groups in total. The highest BCUT2D eigenvalue weighted by Crippen LogP contribution is 2.21. The van der Waals surface area contributed by atoms with E-state index in [0.29, 0.717) is 18.5 Å². The Morgan fingerprint density at radius 1 is 1.12 bits per heavy atom. The zero-order valence-electron chi connectivity index (χ0n) is 15.3. The topological polar surface area (TPSA) is 78.4 Å². The molecule has 0 bridgehead atoms. The molecule has 1 aromatic rings. The van der Waals surface area contributed by atoms with Crippen LogP contribution in [0.25, 0.3) is 0 Å². The molecule has 2 amide bonds. The van der Waals surface area contributed by atoms with Crippen molar-refractivity contribution in [2.24, 2.45) is 11.3 Å². The number of aliphatic hydroxyl groups excluding tert-OH is 1. The average Bonchev–Trinajstić information content (AvgIpc) is 2.49. The number of hydrogen-bond acceptors (Lipinski definition) is 3. The minimum absolute atomic E-state index is 0.0301. The maximum atomic E-state index is 12.5. The second-order valence-electron chi connectivity index (χ2n) is 7.50. The first-order valence-electron chi connectivity index (χ1n) is 8.44. The molecule has 0 heterocycles. The minimum Gasteiger partial charge on any atom is -0.393 e. The Balaban J connectivity index is 2.67. The van der Waals surface area contributed by atoms with E-state index in [1.165, 1.54) is 0 Å². The van der Waals surface area contributed by atoms with E-state index < -0.39 is 12.1 Å². The highest BCUT2D eigenvalue weighted by Gasteiger charge is 2.27. The lowest BCUT2D eigenvalue weighted by Gasteiger charge is -2.28. The van der Waals surface area contributed by atoms with E-state index in [1.54, 1.807) is 31.2 Å². The van der Waals surface area contributed by atoms with Gasteiger partial charge in [0.15, 0.2) is 0 Å². The number of rotatable bonds is 8. The molecule has 2 atom stereocenters. The van der Waals surface area contributed by atoms with Crippen molar-refractivity contribution in [3.05, 3.63) is 35.9 Å². The van der Waals surface area contributed by atoms with Crippen LogP contribution in [0.1, 0.15) is 51.4 Å². The van der Waals surface area contributed by atoms with Crippen molar-refractivity contribution in [1.82, 2.24) is 10.6 Å². The van der Waals surface area contributed by atoms with Crippen LogP contribution in [0.5, 0.6) is 0 Å². The van der Waals surface area contributed by atoms with Gasteiger partial charge in [-0.15, -0.1) is 0 Å². The Kier molecular flexibility index (Phi) is 7.42. The highest BCUT2D eigenvalue weighted by atomic mass is 16.3. The summed E-state index contributed by atoms with van der Waals surface area (Å²) in [6, 6.07) is 8.26. The van der Waals surface area contributed by atoms with E-state index in [1.807, 2.05) is 33.8 Å². The summed E-state index contributed by atoms with van der Waals surface area (Å²) in [6.45, 7) is 9.97. The molecule has 0 aliphatic carbocycles. The zero-order chi connectivity index (χ0) is 18.3. The third-order valence-corrected chi connectivity index (χ3v) is 3.86. The van der Waals surface area contributed by atoms with Crippen molar-refractivity contribution in [2.45, 2.75) is 53.2 Å². The van der Waals surface area contributed by atoms with E-state index in [4.69, 9.17) is 0 Å². The first-order valence-corrected chi connectivity index (χ1v) is 8.44. The number of nitrogens with one attached hydrogen (secondary N) is 2.